The van der Waals surface area contributed by atoms with Crippen molar-refractivity contribution >= 4 is 46.5 Å². The lowest BCUT2D eigenvalue weighted by molar-refractivity contribution is -0.384. The highest BCUT2D eigenvalue weighted by molar-refractivity contribution is 6.08. The Hall–Kier alpha value is -7.60. The number of non-ortho nitro benzene ring substituents is 1. The van der Waals surface area contributed by atoms with Crippen molar-refractivity contribution in [3.8, 4) is 0 Å². The van der Waals surface area contributed by atoms with Crippen LogP contribution < -0.4 is 16.4 Å². The molecule has 12 heteroatoms. The van der Waals surface area contributed by atoms with Crippen molar-refractivity contribution in [3.63, 3.8) is 0 Å². The Balaban J connectivity index is 0.000000215. The summed E-state index contributed by atoms with van der Waals surface area (Å²) in [4.78, 5) is 58.1. The molecule has 0 aliphatic heterocycles. The maximum atomic E-state index is 12.5. The van der Waals surface area contributed by atoms with Crippen LogP contribution in [0.4, 0.5) is 22.7 Å². The van der Waals surface area contributed by atoms with Crippen LogP contribution in [0, 0.1) is 10.1 Å². The van der Waals surface area contributed by atoms with Gasteiger partial charge in [-0.25, -0.2) is 9.59 Å². The van der Waals surface area contributed by atoms with E-state index in [4.69, 9.17) is 5.73 Å². The first-order valence-corrected chi connectivity index (χ1v) is 17.5. The third kappa shape index (κ3) is 11.2. The highest BCUT2D eigenvalue weighted by Gasteiger charge is 2.17. The molecule has 6 N–H and O–H groups in total. The van der Waals surface area contributed by atoms with Gasteiger partial charge in [0.15, 0.2) is 0 Å². The predicted octanol–water partition coefficient (Wildman–Crippen LogP) is 8.34. The number of nitrogens with two attached hydrogens (primary N) is 1. The van der Waals surface area contributed by atoms with Gasteiger partial charge in [-0.2, -0.15) is 0 Å². The molecule has 12 nitrogen and oxygen atoms in total. The number of nitro groups is 1. The monoisotopic (exact) mass is 750 g/mol. The van der Waals surface area contributed by atoms with Crippen molar-refractivity contribution in [2.75, 3.05) is 16.4 Å². The van der Waals surface area contributed by atoms with E-state index in [9.17, 15) is 39.5 Å². The summed E-state index contributed by atoms with van der Waals surface area (Å²) in [6, 6.07) is 41.4. The summed E-state index contributed by atoms with van der Waals surface area (Å²) in [6.07, 6.45) is 3.04. The number of nitrogens with one attached hydrogen (secondary N) is 2. The number of benzene rings is 6. The topological polar surface area (TPSA) is 202 Å². The van der Waals surface area contributed by atoms with Crippen LogP contribution in [-0.4, -0.2) is 38.9 Å². The van der Waals surface area contributed by atoms with E-state index in [1.165, 1.54) is 42.0 Å². The van der Waals surface area contributed by atoms with Gasteiger partial charge in [0.2, 0.25) is 0 Å². The molecule has 0 radical (unpaired) electrons. The normalized spacial score (nSPS) is 10.4. The second-order valence-corrected chi connectivity index (χ2v) is 12.7. The van der Waals surface area contributed by atoms with E-state index in [0.29, 0.717) is 17.7 Å². The SMILES string of the molecule is Nc1ccc(C(=O)Nc2cc(CCc3ccccc3)ccc2C(=O)O)cc1.O=C(Nc1cc(CCc2ccccc2)ccc1C(=O)O)c1ccc([N+](=O)[O-])cc1. The van der Waals surface area contributed by atoms with Crippen molar-refractivity contribution < 1.29 is 34.3 Å². The van der Waals surface area contributed by atoms with Crippen LogP contribution in [0.3, 0.4) is 0 Å². The van der Waals surface area contributed by atoms with Crippen LogP contribution in [0.2, 0.25) is 0 Å². The summed E-state index contributed by atoms with van der Waals surface area (Å²) in [7, 11) is 0. The molecule has 6 rings (SSSR count). The number of aromatic carboxylic acids is 2. The minimum absolute atomic E-state index is 0.0243. The lowest BCUT2D eigenvalue weighted by Gasteiger charge is -2.11. The van der Waals surface area contributed by atoms with E-state index in [1.807, 2.05) is 48.5 Å². The van der Waals surface area contributed by atoms with Crippen LogP contribution in [0.25, 0.3) is 0 Å². The summed E-state index contributed by atoms with van der Waals surface area (Å²) in [5.41, 5.74) is 11.4. The number of carboxylic acids is 2. The maximum absolute atomic E-state index is 12.5. The molecule has 0 atom stereocenters. The van der Waals surface area contributed by atoms with Gasteiger partial charge in [0.05, 0.1) is 27.4 Å². The molecule has 56 heavy (non-hydrogen) atoms. The minimum atomic E-state index is -1.15. The van der Waals surface area contributed by atoms with E-state index in [2.05, 4.69) is 22.8 Å². The van der Waals surface area contributed by atoms with Crippen LogP contribution in [0.1, 0.15) is 63.7 Å². The maximum Gasteiger partial charge on any atom is 0.337 e. The highest BCUT2D eigenvalue weighted by Crippen LogP contribution is 2.23. The molecule has 6 aromatic carbocycles. The molecule has 0 bridgehead atoms. The fourth-order valence-corrected chi connectivity index (χ4v) is 5.70. The Bertz CT molecular complexity index is 2330. The molecule has 0 fully saturated rings. The standard InChI is InChI=1S/C22H18N2O5.C22H20N2O3/c25-21(17-9-11-18(12-10-17)24(28)29)23-20-14-16(8-13-19(20)22(26)27)7-6-15-4-2-1-3-5-15;23-18-11-9-17(10-12-18)21(25)24-20-14-16(8-13-19(20)22(26)27)7-6-15-4-2-1-3-5-15/h1-5,8-14H,6-7H2,(H,23,25)(H,26,27);1-5,8-14H,6-7,23H2,(H,24,25)(H,26,27). The van der Waals surface area contributed by atoms with Gasteiger partial charge < -0.3 is 26.6 Å². The van der Waals surface area contributed by atoms with Gasteiger partial charge in [-0.1, -0.05) is 72.8 Å². The summed E-state index contributed by atoms with van der Waals surface area (Å²) < 4.78 is 0. The number of nitro benzene ring substituents is 1. The van der Waals surface area contributed by atoms with Crippen LogP contribution in [0.15, 0.2) is 146 Å². The number of hydrogen-bond acceptors (Lipinski definition) is 7. The van der Waals surface area contributed by atoms with Gasteiger partial charge in [-0.3, -0.25) is 19.7 Å². The number of nitrogens with zero attached hydrogens (tertiary/aromatic N) is 1. The number of anilines is 3. The zero-order valence-corrected chi connectivity index (χ0v) is 30.1. The Morgan fingerprint density at radius 2 is 0.893 bits per heavy atom. The Labute approximate surface area is 322 Å². The molecule has 0 aliphatic carbocycles. The van der Waals surface area contributed by atoms with E-state index in [0.717, 1.165) is 36.0 Å². The summed E-state index contributed by atoms with van der Waals surface area (Å²) in [5, 5.41) is 34.9. The van der Waals surface area contributed by atoms with Gasteiger partial charge >= 0.3 is 11.9 Å². The fourth-order valence-electron chi connectivity index (χ4n) is 5.70. The van der Waals surface area contributed by atoms with Crippen molar-refractivity contribution in [3.05, 3.63) is 200 Å². The van der Waals surface area contributed by atoms with E-state index in [-0.39, 0.29) is 39.7 Å². The number of aryl methyl sites for hydroxylation is 4. The van der Waals surface area contributed by atoms with Crippen molar-refractivity contribution in [1.29, 1.82) is 0 Å². The van der Waals surface area contributed by atoms with E-state index < -0.39 is 22.8 Å². The van der Waals surface area contributed by atoms with Crippen LogP contribution >= 0.6 is 0 Å². The second-order valence-electron chi connectivity index (χ2n) is 12.7. The number of amides is 2. The molecular weight excluding hydrogens is 713 g/mol. The Morgan fingerprint density at radius 3 is 1.27 bits per heavy atom. The number of nitrogen functional groups attached to an aromatic ring is 1. The number of hydrogen-bond donors (Lipinski definition) is 5. The van der Waals surface area contributed by atoms with E-state index >= 15 is 0 Å². The lowest BCUT2D eigenvalue weighted by atomic mass is 10.0. The van der Waals surface area contributed by atoms with Crippen LogP contribution in [-0.2, 0) is 25.7 Å². The van der Waals surface area contributed by atoms with Gasteiger partial charge in [0.25, 0.3) is 17.5 Å². The average Bonchev–Trinajstić information content (AvgIpc) is 3.20. The molecule has 2 amide bonds. The zero-order valence-electron chi connectivity index (χ0n) is 30.1. The van der Waals surface area contributed by atoms with Crippen LogP contribution in [0.5, 0.6) is 0 Å². The van der Waals surface area contributed by atoms with Gasteiger partial charge in [-0.05, 0) is 109 Å². The quantitative estimate of drug-likeness (QED) is 0.0437. The molecule has 6 aromatic rings. The Kier molecular flexibility index (Phi) is 13.4. The average molecular weight is 751 g/mol. The molecule has 0 spiro atoms. The number of carbonyl (C=O) groups excluding carboxylic acids is 2. The zero-order chi connectivity index (χ0) is 40.0. The first-order valence-electron chi connectivity index (χ1n) is 17.5. The highest BCUT2D eigenvalue weighted by atomic mass is 16.6. The molecule has 282 valence electrons. The molecule has 0 saturated heterocycles. The van der Waals surface area contributed by atoms with Gasteiger partial charge in [-0.15, -0.1) is 0 Å². The number of rotatable bonds is 13. The fraction of sp³-hybridized carbons (Fsp3) is 0.0909. The second kappa shape index (κ2) is 18.9. The van der Waals surface area contributed by atoms with Crippen molar-refractivity contribution in [1.82, 2.24) is 0 Å². The third-order valence-electron chi connectivity index (χ3n) is 8.73. The number of carboxylic acid groups (broad SMARTS) is 2. The lowest BCUT2D eigenvalue weighted by Crippen LogP contribution is -2.15. The molecule has 0 aliphatic rings. The molecule has 0 unspecified atom stereocenters. The predicted molar refractivity (Wildman–Crippen MR) is 214 cm³/mol. The molecular formula is C44H38N4O8. The van der Waals surface area contributed by atoms with Gasteiger partial charge in [0, 0.05) is 28.9 Å². The smallest absolute Gasteiger partial charge is 0.337 e. The molecule has 0 aromatic heterocycles. The molecule has 0 saturated carbocycles. The van der Waals surface area contributed by atoms with E-state index in [1.54, 1.807) is 48.5 Å². The largest absolute Gasteiger partial charge is 0.478 e. The van der Waals surface area contributed by atoms with Crippen molar-refractivity contribution in [2.24, 2.45) is 0 Å². The Morgan fingerprint density at radius 1 is 0.518 bits per heavy atom. The summed E-state index contributed by atoms with van der Waals surface area (Å²) >= 11 is 0. The first kappa shape index (κ1) is 39.6. The summed E-state index contributed by atoms with van der Waals surface area (Å²) in [5.74, 6) is -3.16. The van der Waals surface area contributed by atoms with Crippen molar-refractivity contribution in [2.45, 2.75) is 25.7 Å². The van der Waals surface area contributed by atoms with Gasteiger partial charge in [0.1, 0.15) is 0 Å². The number of carbonyl (C=O) groups is 4. The first-order chi connectivity index (χ1) is 27.0. The minimum Gasteiger partial charge on any atom is -0.478 e. The summed E-state index contributed by atoms with van der Waals surface area (Å²) in [6.45, 7) is 0. The molecule has 0 heterocycles. The third-order valence-corrected chi connectivity index (χ3v) is 8.73.